The second-order valence-electron chi connectivity index (χ2n) is 9.88. The van der Waals surface area contributed by atoms with Gasteiger partial charge in [0.15, 0.2) is 5.78 Å². The third-order valence-corrected chi connectivity index (χ3v) is 8.12. The molecule has 5 rings (SSSR count). The number of ketones is 1. The molecule has 0 aromatic heterocycles. The molecule has 5 heteroatoms. The van der Waals surface area contributed by atoms with E-state index in [1.54, 1.807) is 0 Å². The number of Topliss-reactive ketones (excluding diaryl/α,β-unsaturated/α-hetero) is 1. The summed E-state index contributed by atoms with van der Waals surface area (Å²) >= 11 is 0. The maximum absolute atomic E-state index is 13.2. The van der Waals surface area contributed by atoms with Crippen LogP contribution in [0.2, 0.25) is 0 Å². The Morgan fingerprint density at radius 1 is 1.00 bits per heavy atom. The average Bonchev–Trinajstić information content (AvgIpc) is 3.07. The lowest BCUT2D eigenvalue weighted by Crippen LogP contribution is -2.49. The van der Waals surface area contributed by atoms with Crippen molar-refractivity contribution in [2.45, 2.75) is 50.4 Å². The smallest absolute Gasteiger partial charge is 0.225 e. The monoisotopic (exact) mass is 410 g/mol. The van der Waals surface area contributed by atoms with E-state index in [0.29, 0.717) is 12.3 Å². The van der Waals surface area contributed by atoms with Gasteiger partial charge < -0.3 is 14.5 Å². The predicted octanol–water partition coefficient (Wildman–Crippen LogP) is 3.27. The maximum atomic E-state index is 13.2. The van der Waals surface area contributed by atoms with Crippen molar-refractivity contribution >= 4 is 11.7 Å². The van der Waals surface area contributed by atoms with Crippen molar-refractivity contribution in [1.82, 2.24) is 9.80 Å². The average molecular weight is 411 g/mol. The maximum Gasteiger partial charge on any atom is 0.225 e. The lowest BCUT2D eigenvalue weighted by molar-refractivity contribution is -0.138. The van der Waals surface area contributed by atoms with Crippen molar-refractivity contribution in [1.29, 1.82) is 0 Å². The van der Waals surface area contributed by atoms with Gasteiger partial charge in [-0.05, 0) is 63.1 Å². The highest BCUT2D eigenvalue weighted by atomic mass is 16.5. The molecule has 162 valence electrons. The van der Waals surface area contributed by atoms with Gasteiger partial charge in [-0.3, -0.25) is 9.59 Å². The van der Waals surface area contributed by atoms with Crippen molar-refractivity contribution in [2.24, 2.45) is 11.8 Å². The number of carbonyl (C=O) groups is 2. The number of benzene rings is 1. The van der Waals surface area contributed by atoms with Crippen molar-refractivity contribution in [3.63, 3.8) is 0 Å². The van der Waals surface area contributed by atoms with E-state index in [-0.39, 0.29) is 17.1 Å². The lowest BCUT2D eigenvalue weighted by atomic mass is 9.73. The quantitative estimate of drug-likeness (QED) is 0.767. The normalized spacial score (nSPS) is 25.6. The Balaban J connectivity index is 1.13. The minimum Gasteiger partial charge on any atom is -0.381 e. The van der Waals surface area contributed by atoms with Gasteiger partial charge in [0.2, 0.25) is 5.91 Å². The number of fused-ring (bicyclic) bond motifs is 2. The van der Waals surface area contributed by atoms with Gasteiger partial charge in [-0.15, -0.1) is 0 Å². The van der Waals surface area contributed by atoms with E-state index in [0.717, 1.165) is 76.6 Å². The van der Waals surface area contributed by atoms with Gasteiger partial charge in [0.1, 0.15) is 0 Å². The van der Waals surface area contributed by atoms with Crippen molar-refractivity contribution in [2.75, 3.05) is 45.9 Å². The topological polar surface area (TPSA) is 49.9 Å². The Morgan fingerprint density at radius 2 is 1.70 bits per heavy atom. The number of piperidine rings is 2. The van der Waals surface area contributed by atoms with Crippen LogP contribution in [0.4, 0.5) is 0 Å². The lowest BCUT2D eigenvalue weighted by Gasteiger charge is -2.42. The van der Waals surface area contributed by atoms with Crippen molar-refractivity contribution in [3.8, 4) is 0 Å². The van der Waals surface area contributed by atoms with E-state index >= 15 is 0 Å². The standard InChI is InChI=1S/C25H34N2O3/c28-23-17-25(22-4-2-1-3-21(22)23)9-13-27(14-10-25)24(29)20-5-11-26(12-6-20)18-19-7-15-30-16-8-19/h1-4,19-20H,5-18H2. The van der Waals surface area contributed by atoms with E-state index in [2.05, 4.69) is 15.9 Å². The third-order valence-electron chi connectivity index (χ3n) is 8.12. The van der Waals surface area contributed by atoms with E-state index in [1.807, 2.05) is 18.2 Å². The van der Waals surface area contributed by atoms with Gasteiger partial charge in [-0.25, -0.2) is 0 Å². The SMILES string of the molecule is O=C1CC2(CCN(C(=O)C3CCN(CC4CCOCC4)CC3)CC2)c2ccccc21. The van der Waals surface area contributed by atoms with Crippen LogP contribution < -0.4 is 0 Å². The van der Waals surface area contributed by atoms with E-state index in [1.165, 1.54) is 24.9 Å². The summed E-state index contributed by atoms with van der Waals surface area (Å²) in [5.41, 5.74) is 2.11. The summed E-state index contributed by atoms with van der Waals surface area (Å²) in [5, 5.41) is 0. The van der Waals surface area contributed by atoms with Crippen LogP contribution in [0, 0.1) is 11.8 Å². The molecule has 1 aromatic carbocycles. The zero-order chi connectivity index (χ0) is 20.6. The Labute approximate surface area is 179 Å². The zero-order valence-corrected chi connectivity index (χ0v) is 18.0. The molecule has 4 aliphatic rings. The Bertz CT molecular complexity index is 785. The fraction of sp³-hybridized carbons (Fsp3) is 0.680. The number of likely N-dealkylation sites (tertiary alicyclic amines) is 2. The Hall–Kier alpha value is -1.72. The highest BCUT2D eigenvalue weighted by molar-refractivity contribution is 6.02. The molecule has 0 bridgehead atoms. The van der Waals surface area contributed by atoms with Crippen LogP contribution in [-0.2, 0) is 14.9 Å². The highest BCUT2D eigenvalue weighted by Gasteiger charge is 2.46. The summed E-state index contributed by atoms with van der Waals surface area (Å²) in [6.07, 6.45) is 6.81. The molecule has 0 radical (unpaired) electrons. The molecule has 0 unspecified atom stereocenters. The first kappa shape index (κ1) is 20.2. The number of hydrogen-bond acceptors (Lipinski definition) is 4. The van der Waals surface area contributed by atoms with Gasteiger partial charge in [0, 0.05) is 56.2 Å². The van der Waals surface area contributed by atoms with Crippen LogP contribution in [0.5, 0.6) is 0 Å². The molecule has 3 heterocycles. The van der Waals surface area contributed by atoms with Gasteiger partial charge in [-0.2, -0.15) is 0 Å². The number of amides is 1. The minimum absolute atomic E-state index is 0.0302. The van der Waals surface area contributed by atoms with Crippen LogP contribution in [-0.4, -0.2) is 67.4 Å². The third kappa shape index (κ3) is 3.82. The van der Waals surface area contributed by atoms with Gasteiger partial charge >= 0.3 is 0 Å². The van der Waals surface area contributed by atoms with Gasteiger partial charge in [0.05, 0.1) is 0 Å². The molecular weight excluding hydrogens is 376 g/mol. The summed E-state index contributed by atoms with van der Waals surface area (Å²) in [4.78, 5) is 30.3. The minimum atomic E-state index is -0.0302. The van der Waals surface area contributed by atoms with Crippen molar-refractivity contribution in [3.05, 3.63) is 35.4 Å². The van der Waals surface area contributed by atoms with Crippen LogP contribution in [0.3, 0.4) is 0 Å². The number of carbonyl (C=O) groups excluding carboxylic acids is 2. The molecule has 0 saturated carbocycles. The molecule has 5 nitrogen and oxygen atoms in total. The predicted molar refractivity (Wildman–Crippen MR) is 116 cm³/mol. The number of ether oxygens (including phenoxy) is 1. The van der Waals surface area contributed by atoms with Crippen LogP contribution in [0.25, 0.3) is 0 Å². The first-order valence-corrected chi connectivity index (χ1v) is 11.9. The molecule has 3 saturated heterocycles. The number of nitrogens with zero attached hydrogens (tertiary/aromatic N) is 2. The van der Waals surface area contributed by atoms with Gasteiger partial charge in [0.25, 0.3) is 0 Å². The van der Waals surface area contributed by atoms with E-state index in [9.17, 15) is 9.59 Å². The van der Waals surface area contributed by atoms with E-state index in [4.69, 9.17) is 4.74 Å². The molecule has 30 heavy (non-hydrogen) atoms. The number of hydrogen-bond donors (Lipinski definition) is 0. The second kappa shape index (κ2) is 8.43. The highest BCUT2D eigenvalue weighted by Crippen LogP contribution is 2.46. The molecule has 1 aliphatic carbocycles. The molecule has 1 spiro atoms. The summed E-state index contributed by atoms with van der Waals surface area (Å²) < 4.78 is 5.48. The summed E-state index contributed by atoms with van der Waals surface area (Å²) in [6.45, 7) is 6.68. The molecule has 1 amide bonds. The first-order chi connectivity index (χ1) is 14.6. The summed E-state index contributed by atoms with van der Waals surface area (Å²) in [6, 6.07) is 8.11. The summed E-state index contributed by atoms with van der Waals surface area (Å²) in [7, 11) is 0. The van der Waals surface area contributed by atoms with Crippen LogP contribution >= 0.6 is 0 Å². The number of rotatable bonds is 3. The first-order valence-electron chi connectivity index (χ1n) is 11.9. The van der Waals surface area contributed by atoms with Crippen LogP contribution in [0.1, 0.15) is 60.9 Å². The molecule has 1 aromatic rings. The van der Waals surface area contributed by atoms with Gasteiger partial charge in [-0.1, -0.05) is 24.3 Å². The Kier molecular flexibility index (Phi) is 5.67. The largest absolute Gasteiger partial charge is 0.381 e. The molecule has 3 aliphatic heterocycles. The van der Waals surface area contributed by atoms with Crippen molar-refractivity contribution < 1.29 is 14.3 Å². The summed E-state index contributed by atoms with van der Waals surface area (Å²) in [5.74, 6) is 1.58. The molecule has 0 atom stereocenters. The zero-order valence-electron chi connectivity index (χ0n) is 18.0. The van der Waals surface area contributed by atoms with E-state index < -0.39 is 0 Å². The Morgan fingerprint density at radius 3 is 2.43 bits per heavy atom. The second-order valence-corrected chi connectivity index (χ2v) is 9.88. The molecule has 3 fully saturated rings. The fourth-order valence-corrected chi connectivity index (χ4v) is 6.20. The van der Waals surface area contributed by atoms with Crippen LogP contribution in [0.15, 0.2) is 24.3 Å². The molecular formula is C25H34N2O3. The fourth-order valence-electron chi connectivity index (χ4n) is 6.20. The molecule has 0 N–H and O–H groups in total.